The van der Waals surface area contributed by atoms with Crippen molar-refractivity contribution in [1.29, 1.82) is 0 Å². The highest BCUT2D eigenvalue weighted by atomic mass is 16.5. The van der Waals surface area contributed by atoms with Crippen LogP contribution in [0.2, 0.25) is 0 Å². The molecule has 0 bridgehead atoms. The lowest BCUT2D eigenvalue weighted by Gasteiger charge is -2.20. The number of nitrogens with one attached hydrogen (secondary N) is 1. The molecule has 0 radical (unpaired) electrons. The Morgan fingerprint density at radius 3 is 2.55 bits per heavy atom. The Balaban J connectivity index is 2.63. The third kappa shape index (κ3) is 5.21. The first-order valence-corrected chi connectivity index (χ1v) is 6.93. The zero-order chi connectivity index (χ0) is 15.3. The Hall–Kier alpha value is -1.55. The maximum absolute atomic E-state index is 11.8. The third-order valence-electron chi connectivity index (χ3n) is 2.75. The quantitative estimate of drug-likeness (QED) is 0.871. The first-order valence-electron chi connectivity index (χ1n) is 6.93. The van der Waals surface area contributed by atoms with Gasteiger partial charge in [0.1, 0.15) is 5.75 Å². The summed E-state index contributed by atoms with van der Waals surface area (Å²) in [5.41, 5.74) is 0.278. The van der Waals surface area contributed by atoms with E-state index in [1.54, 1.807) is 6.07 Å². The predicted octanol–water partition coefficient (Wildman–Crippen LogP) is 2.67. The van der Waals surface area contributed by atoms with Crippen LogP contribution < -0.4 is 10.1 Å². The second-order valence-electron chi connectivity index (χ2n) is 6.21. The summed E-state index contributed by atoms with van der Waals surface area (Å²) in [6.45, 7) is 9.62. The monoisotopic (exact) mass is 279 g/mol. The number of hydrogen-bond donors (Lipinski definition) is 2. The van der Waals surface area contributed by atoms with E-state index in [9.17, 15) is 9.90 Å². The van der Waals surface area contributed by atoms with Gasteiger partial charge in [-0.1, -0.05) is 32.9 Å². The molecule has 112 valence electrons. The van der Waals surface area contributed by atoms with Gasteiger partial charge in [-0.3, -0.25) is 4.79 Å². The van der Waals surface area contributed by atoms with Gasteiger partial charge in [0, 0.05) is 12.0 Å². The van der Waals surface area contributed by atoms with Crippen LogP contribution in [0.5, 0.6) is 5.75 Å². The van der Waals surface area contributed by atoms with Gasteiger partial charge in [0.05, 0.1) is 12.2 Å². The van der Waals surface area contributed by atoms with Crippen LogP contribution in [0, 0.1) is 5.41 Å². The van der Waals surface area contributed by atoms with Crippen molar-refractivity contribution in [3.8, 4) is 5.75 Å². The van der Waals surface area contributed by atoms with Crippen molar-refractivity contribution in [2.45, 2.75) is 46.8 Å². The molecule has 0 aliphatic carbocycles. The molecule has 0 aliphatic rings. The average molecular weight is 279 g/mol. The van der Waals surface area contributed by atoms with Crippen molar-refractivity contribution in [3.05, 3.63) is 29.8 Å². The number of aliphatic hydroxyl groups excluding tert-OH is 1. The van der Waals surface area contributed by atoms with Gasteiger partial charge in [0.25, 0.3) is 0 Å². The lowest BCUT2D eigenvalue weighted by atomic mass is 9.95. The van der Waals surface area contributed by atoms with Crippen molar-refractivity contribution < 1.29 is 14.6 Å². The largest absolute Gasteiger partial charge is 0.491 e. The van der Waals surface area contributed by atoms with Crippen molar-refractivity contribution in [1.82, 2.24) is 5.32 Å². The first-order chi connectivity index (χ1) is 9.20. The Morgan fingerprint density at radius 1 is 1.35 bits per heavy atom. The molecule has 1 rings (SSSR count). The number of benzene rings is 1. The third-order valence-corrected chi connectivity index (χ3v) is 2.75. The summed E-state index contributed by atoms with van der Waals surface area (Å²) in [4.78, 5) is 11.8. The van der Waals surface area contributed by atoms with Crippen molar-refractivity contribution >= 4 is 5.91 Å². The molecule has 4 heteroatoms. The summed E-state index contributed by atoms with van der Waals surface area (Å²) in [5, 5.41) is 12.9. The normalized spacial score (nSPS) is 13.2. The molecule has 0 heterocycles. The van der Waals surface area contributed by atoms with E-state index in [4.69, 9.17) is 4.74 Å². The van der Waals surface area contributed by atoms with E-state index in [0.29, 0.717) is 0 Å². The molecule has 0 aliphatic heterocycles. The molecule has 0 saturated carbocycles. The Bertz CT molecular complexity index is 449. The number of rotatable bonds is 5. The van der Waals surface area contributed by atoms with E-state index < -0.39 is 11.5 Å². The fraction of sp³-hybridized carbons (Fsp3) is 0.562. The molecule has 1 unspecified atom stereocenters. The van der Waals surface area contributed by atoms with Crippen LogP contribution in [0.3, 0.4) is 0 Å². The van der Waals surface area contributed by atoms with Gasteiger partial charge < -0.3 is 15.2 Å². The van der Waals surface area contributed by atoms with Crippen LogP contribution in [-0.2, 0) is 4.79 Å². The molecule has 2 N–H and O–H groups in total. The van der Waals surface area contributed by atoms with Gasteiger partial charge in [-0.15, -0.1) is 0 Å². The topological polar surface area (TPSA) is 58.6 Å². The number of amides is 1. The number of aliphatic hydroxyl groups is 1. The molecular weight excluding hydrogens is 254 g/mol. The SMILES string of the molecule is CC(C)Oc1cccc(C(O)CNC(=O)C(C)(C)C)c1. The summed E-state index contributed by atoms with van der Waals surface area (Å²) in [6, 6.07) is 7.31. The van der Waals surface area contributed by atoms with Crippen LogP contribution in [0.1, 0.15) is 46.3 Å². The molecule has 4 nitrogen and oxygen atoms in total. The van der Waals surface area contributed by atoms with Crippen LogP contribution in [-0.4, -0.2) is 23.7 Å². The van der Waals surface area contributed by atoms with Gasteiger partial charge >= 0.3 is 0 Å². The maximum Gasteiger partial charge on any atom is 0.225 e. The lowest BCUT2D eigenvalue weighted by Crippen LogP contribution is -2.37. The second-order valence-corrected chi connectivity index (χ2v) is 6.21. The molecule has 0 spiro atoms. The number of carbonyl (C=O) groups is 1. The molecular formula is C16H25NO3. The van der Waals surface area contributed by atoms with Gasteiger partial charge in [0.15, 0.2) is 0 Å². The molecule has 0 saturated heterocycles. The van der Waals surface area contributed by atoms with Gasteiger partial charge in [-0.25, -0.2) is 0 Å². The average Bonchev–Trinajstić information content (AvgIpc) is 2.33. The van der Waals surface area contributed by atoms with Crippen LogP contribution in [0.4, 0.5) is 0 Å². The van der Waals surface area contributed by atoms with Crippen molar-refractivity contribution in [2.75, 3.05) is 6.54 Å². The molecule has 0 aromatic heterocycles. The Labute approximate surface area is 121 Å². The molecule has 1 aromatic carbocycles. The zero-order valence-corrected chi connectivity index (χ0v) is 12.9. The predicted molar refractivity (Wildman–Crippen MR) is 79.6 cm³/mol. The van der Waals surface area contributed by atoms with E-state index in [-0.39, 0.29) is 18.6 Å². The lowest BCUT2D eigenvalue weighted by molar-refractivity contribution is -0.128. The Kier molecular flexibility index (Phi) is 5.57. The standard InChI is InChI=1S/C16H25NO3/c1-11(2)20-13-8-6-7-12(9-13)14(18)10-17-15(19)16(3,4)5/h6-9,11,14,18H,10H2,1-5H3,(H,17,19). The minimum atomic E-state index is -0.739. The van der Waals surface area contributed by atoms with E-state index >= 15 is 0 Å². The second kappa shape index (κ2) is 6.75. The highest BCUT2D eigenvalue weighted by Crippen LogP contribution is 2.20. The molecule has 1 aromatic rings. The minimum Gasteiger partial charge on any atom is -0.491 e. The molecule has 0 fully saturated rings. The fourth-order valence-electron chi connectivity index (χ4n) is 1.64. The first kappa shape index (κ1) is 16.5. The fourth-order valence-corrected chi connectivity index (χ4v) is 1.64. The van der Waals surface area contributed by atoms with E-state index in [1.165, 1.54) is 0 Å². The smallest absolute Gasteiger partial charge is 0.225 e. The van der Waals surface area contributed by atoms with Crippen LogP contribution >= 0.6 is 0 Å². The molecule has 1 amide bonds. The molecule has 1 atom stereocenters. The number of ether oxygens (including phenoxy) is 1. The molecule has 20 heavy (non-hydrogen) atoms. The minimum absolute atomic E-state index is 0.0777. The summed E-state index contributed by atoms with van der Waals surface area (Å²) >= 11 is 0. The van der Waals surface area contributed by atoms with Gasteiger partial charge in [-0.2, -0.15) is 0 Å². The number of carbonyl (C=O) groups excluding carboxylic acids is 1. The summed E-state index contributed by atoms with van der Waals surface area (Å²) in [5.74, 6) is 0.643. The maximum atomic E-state index is 11.8. The highest BCUT2D eigenvalue weighted by molar-refractivity contribution is 5.81. The Morgan fingerprint density at radius 2 is 2.00 bits per heavy atom. The van der Waals surface area contributed by atoms with Gasteiger partial charge in [-0.05, 0) is 31.5 Å². The van der Waals surface area contributed by atoms with Crippen LogP contribution in [0.25, 0.3) is 0 Å². The van der Waals surface area contributed by atoms with E-state index in [1.807, 2.05) is 52.8 Å². The highest BCUT2D eigenvalue weighted by Gasteiger charge is 2.21. The van der Waals surface area contributed by atoms with Gasteiger partial charge in [0.2, 0.25) is 5.91 Å². The van der Waals surface area contributed by atoms with Crippen LogP contribution in [0.15, 0.2) is 24.3 Å². The zero-order valence-electron chi connectivity index (χ0n) is 12.9. The van der Waals surface area contributed by atoms with E-state index in [0.717, 1.165) is 11.3 Å². The van der Waals surface area contributed by atoms with Crippen molar-refractivity contribution in [2.24, 2.45) is 5.41 Å². The van der Waals surface area contributed by atoms with Crippen molar-refractivity contribution in [3.63, 3.8) is 0 Å². The summed E-state index contributed by atoms with van der Waals surface area (Å²) in [6.07, 6.45) is -0.653. The summed E-state index contributed by atoms with van der Waals surface area (Å²) < 4.78 is 5.59. The number of hydrogen-bond acceptors (Lipinski definition) is 3. The van der Waals surface area contributed by atoms with E-state index in [2.05, 4.69) is 5.32 Å². The summed E-state index contributed by atoms with van der Waals surface area (Å²) in [7, 11) is 0.